The van der Waals surface area contributed by atoms with Gasteiger partial charge in [0.2, 0.25) is 5.91 Å². The summed E-state index contributed by atoms with van der Waals surface area (Å²) in [4.78, 5) is 11.2. The number of aliphatic hydroxyl groups is 1. The fourth-order valence-electron chi connectivity index (χ4n) is 1.23. The normalized spacial score (nSPS) is 10.0. The van der Waals surface area contributed by atoms with Crippen molar-refractivity contribution in [1.82, 2.24) is 5.32 Å². The van der Waals surface area contributed by atoms with Gasteiger partial charge in [-0.3, -0.25) is 4.79 Å². The zero-order valence-electron chi connectivity index (χ0n) is 8.37. The fourth-order valence-corrected chi connectivity index (χ4v) is 1.68. The molecule has 0 aliphatic heterocycles. The molecule has 82 valence electrons. The predicted molar refractivity (Wildman–Crippen MR) is 62.6 cm³/mol. The van der Waals surface area contributed by atoms with E-state index >= 15 is 0 Å². The van der Waals surface area contributed by atoms with Crippen LogP contribution in [0.15, 0.2) is 28.7 Å². The van der Waals surface area contributed by atoms with E-state index < -0.39 is 0 Å². The van der Waals surface area contributed by atoms with E-state index in [9.17, 15) is 4.79 Å². The number of amides is 1. The second-order valence-electron chi connectivity index (χ2n) is 3.20. The average molecular weight is 272 g/mol. The Labute approximate surface area is 97.6 Å². The largest absolute Gasteiger partial charge is 0.395 e. The highest BCUT2D eigenvalue weighted by atomic mass is 79.9. The lowest BCUT2D eigenvalue weighted by Gasteiger charge is -2.03. The monoisotopic (exact) mass is 271 g/mol. The Hall–Kier alpha value is -0.870. The number of hydrogen-bond acceptors (Lipinski definition) is 2. The molecule has 0 unspecified atom stereocenters. The van der Waals surface area contributed by atoms with Crippen LogP contribution in [0, 0.1) is 0 Å². The van der Waals surface area contributed by atoms with Gasteiger partial charge in [0.05, 0.1) is 6.61 Å². The van der Waals surface area contributed by atoms with Crippen molar-refractivity contribution >= 4 is 21.8 Å². The number of aliphatic hydroxyl groups excluding tert-OH is 1. The second kappa shape index (κ2) is 6.58. The van der Waals surface area contributed by atoms with Crippen molar-refractivity contribution in [2.24, 2.45) is 0 Å². The summed E-state index contributed by atoms with van der Waals surface area (Å²) in [6, 6.07) is 7.89. The Balaban J connectivity index is 2.33. The van der Waals surface area contributed by atoms with Crippen LogP contribution in [-0.4, -0.2) is 24.2 Å². The number of rotatable bonds is 5. The van der Waals surface area contributed by atoms with Crippen LogP contribution in [0.25, 0.3) is 0 Å². The van der Waals surface area contributed by atoms with Crippen molar-refractivity contribution in [2.45, 2.75) is 12.8 Å². The molecule has 1 rings (SSSR count). The van der Waals surface area contributed by atoms with Crippen molar-refractivity contribution in [2.75, 3.05) is 13.2 Å². The Morgan fingerprint density at radius 3 is 2.93 bits per heavy atom. The minimum absolute atomic E-state index is 0.0113. The number of aryl methyl sites for hydroxylation is 1. The summed E-state index contributed by atoms with van der Waals surface area (Å²) in [6.07, 6.45) is 1.17. The van der Waals surface area contributed by atoms with E-state index in [1.165, 1.54) is 0 Å². The highest BCUT2D eigenvalue weighted by Gasteiger charge is 2.01. The summed E-state index contributed by atoms with van der Waals surface area (Å²) in [5.74, 6) is -0.0241. The molecule has 1 amide bonds. The third kappa shape index (κ3) is 4.95. The van der Waals surface area contributed by atoms with Crippen molar-refractivity contribution in [3.63, 3.8) is 0 Å². The van der Waals surface area contributed by atoms with Crippen LogP contribution in [-0.2, 0) is 11.2 Å². The van der Waals surface area contributed by atoms with Crippen LogP contribution in [0.5, 0.6) is 0 Å². The van der Waals surface area contributed by atoms with Gasteiger partial charge in [0.1, 0.15) is 0 Å². The molecule has 0 aliphatic rings. The lowest BCUT2D eigenvalue weighted by atomic mass is 10.1. The van der Waals surface area contributed by atoms with Gasteiger partial charge in [-0.2, -0.15) is 0 Å². The average Bonchev–Trinajstić information content (AvgIpc) is 2.23. The van der Waals surface area contributed by atoms with E-state index in [4.69, 9.17) is 5.11 Å². The smallest absolute Gasteiger partial charge is 0.220 e. The fraction of sp³-hybridized carbons (Fsp3) is 0.364. The van der Waals surface area contributed by atoms with E-state index in [2.05, 4.69) is 21.2 Å². The van der Waals surface area contributed by atoms with Crippen molar-refractivity contribution < 1.29 is 9.90 Å². The van der Waals surface area contributed by atoms with Crippen LogP contribution in [0.1, 0.15) is 12.0 Å². The molecule has 0 atom stereocenters. The zero-order chi connectivity index (χ0) is 11.1. The maximum atomic E-state index is 11.2. The van der Waals surface area contributed by atoms with Crippen LogP contribution in [0.3, 0.4) is 0 Å². The summed E-state index contributed by atoms with van der Waals surface area (Å²) >= 11 is 3.38. The van der Waals surface area contributed by atoms with Crippen molar-refractivity contribution in [3.05, 3.63) is 34.3 Å². The van der Waals surface area contributed by atoms with Gasteiger partial charge in [-0.25, -0.2) is 0 Å². The van der Waals surface area contributed by atoms with Crippen LogP contribution < -0.4 is 5.32 Å². The standard InChI is InChI=1S/C11H14BrNO2/c12-10-3-1-2-9(8-10)4-5-11(15)13-6-7-14/h1-3,8,14H,4-7H2,(H,13,15). The molecule has 3 nitrogen and oxygen atoms in total. The Morgan fingerprint density at radius 2 is 2.27 bits per heavy atom. The van der Waals surface area contributed by atoms with E-state index in [1.54, 1.807) is 0 Å². The van der Waals surface area contributed by atoms with Crippen LogP contribution in [0.2, 0.25) is 0 Å². The zero-order valence-corrected chi connectivity index (χ0v) is 9.96. The Morgan fingerprint density at radius 1 is 1.47 bits per heavy atom. The first-order valence-electron chi connectivity index (χ1n) is 4.84. The number of carbonyl (C=O) groups is 1. The molecule has 0 saturated heterocycles. The molecular formula is C11H14BrNO2. The van der Waals surface area contributed by atoms with Crippen molar-refractivity contribution in [3.8, 4) is 0 Å². The molecule has 0 saturated carbocycles. The molecule has 1 aromatic carbocycles. The van der Waals surface area contributed by atoms with Gasteiger partial charge in [0.25, 0.3) is 0 Å². The van der Waals surface area contributed by atoms with Gasteiger partial charge in [-0.1, -0.05) is 28.1 Å². The number of hydrogen-bond donors (Lipinski definition) is 2. The minimum Gasteiger partial charge on any atom is -0.395 e. The highest BCUT2D eigenvalue weighted by molar-refractivity contribution is 9.10. The highest BCUT2D eigenvalue weighted by Crippen LogP contribution is 2.12. The Bertz CT molecular complexity index is 328. The number of carbonyl (C=O) groups excluding carboxylic acids is 1. The van der Waals surface area contributed by atoms with Crippen LogP contribution in [0.4, 0.5) is 0 Å². The summed E-state index contributed by atoms with van der Waals surface area (Å²) in [6.45, 7) is 0.319. The van der Waals surface area contributed by atoms with Gasteiger partial charge in [0, 0.05) is 17.4 Å². The molecule has 1 aromatic rings. The third-order valence-electron chi connectivity index (χ3n) is 1.96. The first-order valence-corrected chi connectivity index (χ1v) is 5.63. The molecule has 15 heavy (non-hydrogen) atoms. The van der Waals surface area contributed by atoms with Gasteiger partial charge in [0.15, 0.2) is 0 Å². The minimum atomic E-state index is -0.0241. The van der Waals surface area contributed by atoms with Gasteiger partial charge >= 0.3 is 0 Å². The van der Waals surface area contributed by atoms with E-state index in [-0.39, 0.29) is 12.5 Å². The topological polar surface area (TPSA) is 49.3 Å². The van der Waals surface area contributed by atoms with Crippen LogP contribution >= 0.6 is 15.9 Å². The number of benzene rings is 1. The number of nitrogens with one attached hydrogen (secondary N) is 1. The maximum absolute atomic E-state index is 11.2. The lowest BCUT2D eigenvalue weighted by molar-refractivity contribution is -0.121. The molecular weight excluding hydrogens is 258 g/mol. The van der Waals surface area contributed by atoms with E-state index in [1.807, 2.05) is 24.3 Å². The molecule has 0 heterocycles. The summed E-state index contributed by atoms with van der Waals surface area (Å²) in [5, 5.41) is 11.1. The lowest BCUT2D eigenvalue weighted by Crippen LogP contribution is -2.26. The summed E-state index contributed by atoms with van der Waals surface area (Å²) in [5.41, 5.74) is 1.13. The van der Waals surface area contributed by atoms with Crippen molar-refractivity contribution in [1.29, 1.82) is 0 Å². The first-order chi connectivity index (χ1) is 7.22. The molecule has 2 N–H and O–H groups in total. The molecule has 0 spiro atoms. The van der Waals surface area contributed by atoms with E-state index in [0.29, 0.717) is 13.0 Å². The molecule has 0 radical (unpaired) electrons. The molecule has 0 bridgehead atoms. The molecule has 0 aromatic heterocycles. The Kier molecular flexibility index (Phi) is 5.36. The quantitative estimate of drug-likeness (QED) is 0.853. The predicted octanol–water partition coefficient (Wildman–Crippen LogP) is 1.49. The number of halogens is 1. The summed E-state index contributed by atoms with van der Waals surface area (Å²) in [7, 11) is 0. The summed E-state index contributed by atoms with van der Waals surface area (Å²) < 4.78 is 1.02. The SMILES string of the molecule is O=C(CCc1cccc(Br)c1)NCCO. The molecule has 0 aliphatic carbocycles. The molecule has 0 fully saturated rings. The van der Waals surface area contributed by atoms with Gasteiger partial charge in [-0.05, 0) is 24.1 Å². The van der Waals surface area contributed by atoms with Gasteiger partial charge < -0.3 is 10.4 Å². The molecule has 4 heteroatoms. The van der Waals surface area contributed by atoms with E-state index in [0.717, 1.165) is 16.5 Å². The maximum Gasteiger partial charge on any atom is 0.220 e. The second-order valence-corrected chi connectivity index (χ2v) is 4.12. The van der Waals surface area contributed by atoms with Gasteiger partial charge in [-0.15, -0.1) is 0 Å². The first kappa shape index (κ1) is 12.2. The third-order valence-corrected chi connectivity index (χ3v) is 2.46.